The van der Waals surface area contributed by atoms with Gasteiger partial charge in [0.15, 0.2) is 0 Å². The molecule has 0 radical (unpaired) electrons. The quantitative estimate of drug-likeness (QED) is 0.827. The molecular formula is C19H26N2O. The molecule has 2 aromatic rings. The lowest BCUT2D eigenvalue weighted by atomic mass is 10.0. The van der Waals surface area contributed by atoms with Crippen molar-refractivity contribution >= 4 is 16.8 Å². The van der Waals surface area contributed by atoms with Crippen LogP contribution in [0.25, 0.3) is 10.9 Å². The first-order valence-electron chi connectivity index (χ1n) is 8.40. The van der Waals surface area contributed by atoms with Crippen LogP contribution in [0, 0.1) is 5.92 Å². The Labute approximate surface area is 132 Å². The molecule has 3 nitrogen and oxygen atoms in total. The van der Waals surface area contributed by atoms with Gasteiger partial charge in [0.05, 0.1) is 5.52 Å². The number of hydrogen-bond donors (Lipinski definition) is 0. The molecule has 0 aliphatic carbocycles. The van der Waals surface area contributed by atoms with Crippen LogP contribution in [0.15, 0.2) is 24.3 Å². The Hall–Kier alpha value is -1.77. The lowest BCUT2D eigenvalue weighted by Crippen LogP contribution is -2.40. The van der Waals surface area contributed by atoms with Crippen molar-refractivity contribution in [3.05, 3.63) is 35.5 Å². The minimum atomic E-state index is 0.192. The summed E-state index contributed by atoms with van der Waals surface area (Å²) in [6, 6.07) is 8.49. The van der Waals surface area contributed by atoms with Crippen molar-refractivity contribution in [3.63, 3.8) is 0 Å². The van der Waals surface area contributed by atoms with Crippen LogP contribution in [0.2, 0.25) is 0 Å². The summed E-state index contributed by atoms with van der Waals surface area (Å²) in [5.41, 5.74) is 3.45. The number of aromatic nitrogens is 1. The minimum absolute atomic E-state index is 0.192. The molecule has 0 bridgehead atoms. The number of carbonyl (C=O) groups is 1. The summed E-state index contributed by atoms with van der Waals surface area (Å²) in [4.78, 5) is 14.8. The number of fused-ring (bicyclic) bond motifs is 3. The van der Waals surface area contributed by atoms with E-state index >= 15 is 0 Å². The van der Waals surface area contributed by atoms with E-state index in [1.165, 1.54) is 16.5 Å². The Kier molecular flexibility index (Phi) is 3.98. The zero-order valence-electron chi connectivity index (χ0n) is 14.1. The number of nitrogens with zero attached hydrogens (tertiary/aromatic N) is 2. The molecule has 3 heteroatoms. The maximum Gasteiger partial charge on any atom is 0.270 e. The monoisotopic (exact) mass is 298 g/mol. The van der Waals surface area contributed by atoms with Crippen molar-refractivity contribution in [2.75, 3.05) is 13.1 Å². The molecule has 118 valence electrons. The molecule has 0 unspecified atom stereocenters. The van der Waals surface area contributed by atoms with E-state index in [1.54, 1.807) is 0 Å². The summed E-state index contributed by atoms with van der Waals surface area (Å²) < 4.78 is 2.23. The first-order chi connectivity index (χ1) is 10.5. The number of para-hydroxylation sites is 1. The summed E-state index contributed by atoms with van der Waals surface area (Å²) in [7, 11) is 0. The average Bonchev–Trinajstić information content (AvgIpc) is 2.85. The molecule has 1 aromatic carbocycles. The highest BCUT2D eigenvalue weighted by Gasteiger charge is 2.27. The van der Waals surface area contributed by atoms with Gasteiger partial charge in [-0.05, 0) is 29.9 Å². The topological polar surface area (TPSA) is 25.2 Å². The normalized spacial score (nSPS) is 15.2. The summed E-state index contributed by atoms with van der Waals surface area (Å²) in [6.07, 6.45) is 1.07. The van der Waals surface area contributed by atoms with Crippen LogP contribution < -0.4 is 0 Å². The van der Waals surface area contributed by atoms with Crippen molar-refractivity contribution in [1.29, 1.82) is 0 Å². The predicted molar refractivity (Wildman–Crippen MR) is 91.4 cm³/mol. The highest BCUT2D eigenvalue weighted by Crippen LogP contribution is 2.30. The number of carbonyl (C=O) groups excluding carboxylic acids is 1. The molecular weight excluding hydrogens is 272 g/mol. The van der Waals surface area contributed by atoms with E-state index < -0.39 is 0 Å². The Balaban J connectivity index is 2.00. The lowest BCUT2D eigenvalue weighted by Gasteiger charge is -2.29. The van der Waals surface area contributed by atoms with Crippen LogP contribution in [0.3, 0.4) is 0 Å². The van der Waals surface area contributed by atoms with Gasteiger partial charge in [0.2, 0.25) is 0 Å². The second-order valence-corrected chi connectivity index (χ2v) is 7.10. The predicted octanol–water partition coefficient (Wildman–Crippen LogP) is 4.27. The fourth-order valence-electron chi connectivity index (χ4n) is 3.34. The summed E-state index contributed by atoms with van der Waals surface area (Å²) in [5, 5.41) is 1.19. The molecule has 1 aliphatic heterocycles. The molecule has 0 fully saturated rings. The van der Waals surface area contributed by atoms with Crippen molar-refractivity contribution in [2.45, 2.75) is 46.6 Å². The van der Waals surface area contributed by atoms with E-state index in [1.807, 2.05) is 4.90 Å². The van der Waals surface area contributed by atoms with Gasteiger partial charge < -0.3 is 9.47 Å². The third kappa shape index (κ3) is 2.53. The van der Waals surface area contributed by atoms with Crippen molar-refractivity contribution in [2.24, 2.45) is 5.92 Å². The van der Waals surface area contributed by atoms with Crippen LogP contribution in [0.4, 0.5) is 0 Å². The molecule has 0 saturated carbocycles. The molecule has 0 atom stereocenters. The third-order valence-corrected chi connectivity index (χ3v) is 4.65. The third-order valence-electron chi connectivity index (χ3n) is 4.65. The van der Waals surface area contributed by atoms with E-state index in [2.05, 4.69) is 56.5 Å². The van der Waals surface area contributed by atoms with Gasteiger partial charge in [-0.2, -0.15) is 0 Å². The largest absolute Gasteiger partial charge is 0.336 e. The van der Waals surface area contributed by atoms with Crippen molar-refractivity contribution < 1.29 is 4.79 Å². The van der Waals surface area contributed by atoms with Gasteiger partial charge in [-0.25, -0.2) is 0 Å². The van der Waals surface area contributed by atoms with Crippen LogP contribution in [0.5, 0.6) is 0 Å². The van der Waals surface area contributed by atoms with E-state index in [0.29, 0.717) is 11.8 Å². The highest BCUT2D eigenvalue weighted by atomic mass is 16.2. The smallest absolute Gasteiger partial charge is 0.270 e. The van der Waals surface area contributed by atoms with Crippen LogP contribution in [-0.4, -0.2) is 28.5 Å². The maximum atomic E-state index is 12.8. The number of rotatable bonds is 4. The zero-order valence-corrected chi connectivity index (χ0v) is 14.1. The molecule has 1 aromatic heterocycles. The molecule has 2 heterocycles. The summed E-state index contributed by atoms with van der Waals surface area (Å²) in [5.74, 6) is 1.29. The van der Waals surface area contributed by atoms with E-state index in [4.69, 9.17) is 0 Å². The maximum absolute atomic E-state index is 12.8. The van der Waals surface area contributed by atoms with E-state index in [0.717, 1.165) is 31.7 Å². The van der Waals surface area contributed by atoms with E-state index in [9.17, 15) is 4.79 Å². The van der Waals surface area contributed by atoms with Crippen LogP contribution in [0.1, 0.15) is 56.1 Å². The molecule has 0 N–H and O–H groups in total. The summed E-state index contributed by atoms with van der Waals surface area (Å²) in [6.45, 7) is 11.5. The van der Waals surface area contributed by atoms with Gasteiger partial charge >= 0.3 is 0 Å². The second-order valence-electron chi connectivity index (χ2n) is 7.10. The molecule has 0 spiro atoms. The molecule has 1 aliphatic rings. The zero-order chi connectivity index (χ0) is 15.9. The molecule has 3 rings (SSSR count). The highest BCUT2D eigenvalue weighted by molar-refractivity contribution is 6.00. The lowest BCUT2D eigenvalue weighted by molar-refractivity contribution is 0.0699. The fraction of sp³-hybridized carbons (Fsp3) is 0.526. The van der Waals surface area contributed by atoms with Crippen LogP contribution in [-0.2, 0) is 6.54 Å². The van der Waals surface area contributed by atoms with Crippen molar-refractivity contribution in [3.8, 4) is 0 Å². The first kappa shape index (κ1) is 15.1. The van der Waals surface area contributed by atoms with Gasteiger partial charge in [0, 0.05) is 25.0 Å². The SMILES string of the molecule is CC(C)CCN1CCn2c(cc3cccc(C(C)C)c32)C1=O. The number of hydrogen-bond acceptors (Lipinski definition) is 1. The second kappa shape index (κ2) is 5.79. The van der Waals surface area contributed by atoms with Gasteiger partial charge in [-0.15, -0.1) is 0 Å². The number of amides is 1. The molecule has 1 amide bonds. The first-order valence-corrected chi connectivity index (χ1v) is 8.40. The standard InChI is InChI=1S/C19H26N2O/c1-13(2)8-9-20-10-11-21-17(19(20)22)12-15-6-5-7-16(14(3)4)18(15)21/h5-7,12-14H,8-11H2,1-4H3. The van der Waals surface area contributed by atoms with Gasteiger partial charge in [0.1, 0.15) is 5.69 Å². The van der Waals surface area contributed by atoms with Crippen molar-refractivity contribution in [1.82, 2.24) is 9.47 Å². The summed E-state index contributed by atoms with van der Waals surface area (Å²) >= 11 is 0. The Morgan fingerprint density at radius 1 is 1.14 bits per heavy atom. The van der Waals surface area contributed by atoms with E-state index in [-0.39, 0.29) is 5.91 Å². The molecule has 0 saturated heterocycles. The van der Waals surface area contributed by atoms with Crippen LogP contribution >= 0.6 is 0 Å². The van der Waals surface area contributed by atoms with Gasteiger partial charge in [-0.1, -0.05) is 45.9 Å². The minimum Gasteiger partial charge on any atom is -0.336 e. The Morgan fingerprint density at radius 3 is 2.59 bits per heavy atom. The fourth-order valence-corrected chi connectivity index (χ4v) is 3.34. The van der Waals surface area contributed by atoms with Gasteiger partial charge in [0.25, 0.3) is 5.91 Å². The number of benzene rings is 1. The Morgan fingerprint density at radius 2 is 1.91 bits per heavy atom. The Bertz CT molecular complexity index is 697. The molecule has 22 heavy (non-hydrogen) atoms. The van der Waals surface area contributed by atoms with Gasteiger partial charge in [-0.3, -0.25) is 4.79 Å². The average molecular weight is 298 g/mol.